The van der Waals surface area contributed by atoms with Gasteiger partial charge in [0.2, 0.25) is 11.8 Å². The Kier molecular flexibility index (Phi) is 12.5. The van der Waals surface area contributed by atoms with Gasteiger partial charge in [0.05, 0.1) is 0 Å². The lowest BCUT2D eigenvalue weighted by molar-refractivity contribution is 0.125. The van der Waals surface area contributed by atoms with Gasteiger partial charge in [-0.1, -0.05) is 103 Å². The van der Waals surface area contributed by atoms with E-state index in [-0.39, 0.29) is 12.1 Å². The highest BCUT2D eigenvalue weighted by atomic mass is 16.5. The number of carbonyl (C=O) groups is 1. The minimum atomic E-state index is -0.317. The van der Waals surface area contributed by atoms with Gasteiger partial charge in [0.25, 0.3) is 0 Å². The van der Waals surface area contributed by atoms with E-state index in [9.17, 15) is 4.79 Å². The van der Waals surface area contributed by atoms with E-state index in [0.717, 1.165) is 79.3 Å². The van der Waals surface area contributed by atoms with E-state index in [1.54, 1.807) is 0 Å². The number of pyridine rings is 1. The number of anilines is 1. The molecule has 0 aliphatic carbocycles. The van der Waals surface area contributed by atoms with Crippen LogP contribution in [0.15, 0.2) is 127 Å². The van der Waals surface area contributed by atoms with Crippen LogP contribution >= 0.6 is 0 Å². The van der Waals surface area contributed by atoms with Crippen LogP contribution < -0.4 is 19.7 Å². The summed E-state index contributed by atoms with van der Waals surface area (Å²) in [5.74, 6) is 1.85. The molecule has 4 aromatic carbocycles. The quantitative estimate of drug-likeness (QED) is 0.123. The van der Waals surface area contributed by atoms with Crippen LogP contribution in [0.3, 0.4) is 0 Å². The maximum Gasteiger partial charge on any atom is 0.407 e. The van der Waals surface area contributed by atoms with Gasteiger partial charge in [-0.05, 0) is 85.0 Å². The first-order valence-corrected chi connectivity index (χ1v) is 19.0. The molecule has 1 amide bonds. The van der Waals surface area contributed by atoms with Crippen LogP contribution in [-0.2, 0) is 24.6 Å². The highest BCUT2D eigenvalue weighted by Gasteiger charge is 2.24. The number of amides is 1. The second-order valence-electron chi connectivity index (χ2n) is 14.1. The molecule has 8 heteroatoms. The van der Waals surface area contributed by atoms with Crippen molar-refractivity contribution >= 4 is 11.8 Å². The summed E-state index contributed by atoms with van der Waals surface area (Å²) in [5, 5.41) is 3.07. The average Bonchev–Trinajstić information content (AvgIpc) is 3.22. The van der Waals surface area contributed by atoms with Gasteiger partial charge in [-0.15, -0.1) is 0 Å². The predicted octanol–water partition coefficient (Wildman–Crippen LogP) is 8.90. The summed E-state index contributed by atoms with van der Waals surface area (Å²) < 4.78 is 17.8. The van der Waals surface area contributed by atoms with Crippen LogP contribution in [-0.4, -0.2) is 54.7 Å². The zero-order chi connectivity index (χ0) is 36.1. The number of hydrogen-bond donors (Lipinski definition) is 1. The first-order chi connectivity index (χ1) is 26.1. The van der Waals surface area contributed by atoms with Crippen molar-refractivity contribution in [3.63, 3.8) is 0 Å². The molecule has 274 valence electrons. The van der Waals surface area contributed by atoms with Crippen LogP contribution in [0.25, 0.3) is 11.1 Å². The number of benzene rings is 4. The van der Waals surface area contributed by atoms with Crippen LogP contribution in [0.5, 0.6) is 11.8 Å². The second kappa shape index (κ2) is 18.4. The maximum atomic E-state index is 12.3. The van der Waals surface area contributed by atoms with Gasteiger partial charge in [-0.2, -0.15) is 4.98 Å². The topological polar surface area (TPSA) is 76.2 Å². The fourth-order valence-electron chi connectivity index (χ4n) is 7.22. The first-order valence-electron chi connectivity index (χ1n) is 19.0. The maximum absolute atomic E-state index is 12.3. The van der Waals surface area contributed by atoms with Gasteiger partial charge >= 0.3 is 6.09 Å². The Bertz CT molecular complexity index is 1840. The SMILES string of the molecule is O=C(NC1CCN(CCC2CCN(c3ccc(-c4ccc(OCc5ccccc5)nc4OCc4ccccc4)cc3)CC2)CC1)OCc1ccccc1. The summed E-state index contributed by atoms with van der Waals surface area (Å²) in [7, 11) is 0. The molecule has 2 saturated heterocycles. The summed E-state index contributed by atoms with van der Waals surface area (Å²) in [4.78, 5) is 22.2. The molecule has 2 aliphatic rings. The number of hydrogen-bond acceptors (Lipinski definition) is 7. The van der Waals surface area contributed by atoms with E-state index < -0.39 is 0 Å². The molecule has 2 aliphatic heterocycles. The zero-order valence-corrected chi connectivity index (χ0v) is 30.4. The Morgan fingerprint density at radius 1 is 0.642 bits per heavy atom. The van der Waals surface area contributed by atoms with E-state index >= 15 is 0 Å². The molecule has 0 saturated carbocycles. The monoisotopic (exact) mass is 710 g/mol. The minimum Gasteiger partial charge on any atom is -0.473 e. The lowest BCUT2D eigenvalue weighted by Gasteiger charge is -2.36. The molecule has 3 heterocycles. The van der Waals surface area contributed by atoms with Crippen LogP contribution in [0.4, 0.5) is 10.5 Å². The number of likely N-dealkylation sites (tertiary alicyclic amines) is 1. The number of ether oxygens (including phenoxy) is 3. The Morgan fingerprint density at radius 2 is 1.23 bits per heavy atom. The normalized spacial score (nSPS) is 15.5. The highest BCUT2D eigenvalue weighted by molar-refractivity contribution is 5.71. The zero-order valence-electron chi connectivity index (χ0n) is 30.4. The molecule has 2 fully saturated rings. The van der Waals surface area contributed by atoms with Gasteiger partial charge < -0.3 is 29.3 Å². The molecule has 7 rings (SSSR count). The third-order valence-corrected chi connectivity index (χ3v) is 10.4. The molecule has 0 spiro atoms. The Labute approximate surface area is 313 Å². The van der Waals surface area contributed by atoms with Crippen LogP contribution in [0.1, 0.15) is 48.8 Å². The van der Waals surface area contributed by atoms with Crippen molar-refractivity contribution in [2.24, 2.45) is 5.92 Å². The second-order valence-corrected chi connectivity index (χ2v) is 14.1. The van der Waals surface area contributed by atoms with Crippen molar-refractivity contribution in [1.29, 1.82) is 0 Å². The van der Waals surface area contributed by atoms with E-state index in [1.165, 1.54) is 24.9 Å². The van der Waals surface area contributed by atoms with Gasteiger partial charge in [-0.25, -0.2) is 4.79 Å². The van der Waals surface area contributed by atoms with Gasteiger partial charge in [0.15, 0.2) is 0 Å². The fraction of sp³-hybridized carbons (Fsp3) is 0.333. The lowest BCUT2D eigenvalue weighted by atomic mass is 9.92. The third kappa shape index (κ3) is 10.6. The number of piperidine rings is 2. The summed E-state index contributed by atoms with van der Waals surface area (Å²) in [6.45, 7) is 6.49. The molecule has 1 N–H and O–H groups in total. The standard InChI is InChI=1S/C45H50N4O4/c50-45(53-34-38-14-8-3-9-15-38)46-40-25-28-48(29-26-40)27-22-35-23-30-49(31-24-35)41-18-16-39(17-19-41)42-20-21-43(51-32-36-10-4-1-5-11-36)47-44(42)52-33-37-12-6-2-7-13-37/h1-21,35,40H,22-34H2,(H,46,50). The summed E-state index contributed by atoms with van der Waals surface area (Å²) in [6, 6.07) is 43.1. The smallest absolute Gasteiger partial charge is 0.407 e. The van der Waals surface area contributed by atoms with Crippen molar-refractivity contribution in [3.05, 3.63) is 144 Å². The van der Waals surface area contributed by atoms with Gasteiger partial charge in [0, 0.05) is 49.5 Å². The number of nitrogens with zero attached hydrogens (tertiary/aromatic N) is 3. The lowest BCUT2D eigenvalue weighted by Crippen LogP contribution is -2.45. The van der Waals surface area contributed by atoms with E-state index in [0.29, 0.717) is 31.6 Å². The third-order valence-electron chi connectivity index (χ3n) is 10.4. The van der Waals surface area contributed by atoms with Gasteiger partial charge in [-0.3, -0.25) is 0 Å². The van der Waals surface area contributed by atoms with Crippen LogP contribution in [0, 0.1) is 5.92 Å². The Hall–Kier alpha value is -5.34. The number of nitrogens with one attached hydrogen (secondary N) is 1. The van der Waals surface area contributed by atoms with E-state index in [1.807, 2.05) is 91.0 Å². The number of aromatic nitrogens is 1. The molecule has 8 nitrogen and oxygen atoms in total. The van der Waals surface area contributed by atoms with Crippen LogP contribution in [0.2, 0.25) is 0 Å². The average molecular weight is 711 g/mol. The van der Waals surface area contributed by atoms with Crippen molar-refractivity contribution in [2.45, 2.75) is 58.0 Å². The fourth-order valence-corrected chi connectivity index (χ4v) is 7.22. The largest absolute Gasteiger partial charge is 0.473 e. The van der Waals surface area contributed by atoms with Crippen molar-refractivity contribution in [3.8, 4) is 22.9 Å². The number of rotatable bonds is 14. The predicted molar refractivity (Wildman–Crippen MR) is 210 cm³/mol. The molecular formula is C45H50N4O4. The highest BCUT2D eigenvalue weighted by Crippen LogP contribution is 2.34. The van der Waals surface area contributed by atoms with Crippen molar-refractivity contribution in [1.82, 2.24) is 15.2 Å². The van der Waals surface area contributed by atoms with Crippen molar-refractivity contribution in [2.75, 3.05) is 37.6 Å². The molecular weight excluding hydrogens is 661 g/mol. The first kappa shape index (κ1) is 36.0. The number of carbonyl (C=O) groups excluding carboxylic acids is 1. The molecule has 5 aromatic rings. The van der Waals surface area contributed by atoms with E-state index in [4.69, 9.17) is 19.2 Å². The minimum absolute atomic E-state index is 0.187. The van der Waals surface area contributed by atoms with E-state index in [2.05, 4.69) is 51.5 Å². The molecule has 53 heavy (non-hydrogen) atoms. The summed E-state index contributed by atoms with van der Waals surface area (Å²) in [5.41, 5.74) is 6.45. The molecule has 0 bridgehead atoms. The summed E-state index contributed by atoms with van der Waals surface area (Å²) >= 11 is 0. The Morgan fingerprint density at radius 3 is 1.85 bits per heavy atom. The van der Waals surface area contributed by atoms with Gasteiger partial charge in [0.1, 0.15) is 19.8 Å². The molecule has 0 radical (unpaired) electrons. The number of alkyl carbamates (subject to hydrolysis) is 1. The summed E-state index contributed by atoms with van der Waals surface area (Å²) in [6.07, 6.45) is 5.27. The Balaban J connectivity index is 0.867. The van der Waals surface area contributed by atoms with Crippen molar-refractivity contribution < 1.29 is 19.0 Å². The molecule has 0 unspecified atom stereocenters. The molecule has 1 aromatic heterocycles. The molecule has 0 atom stereocenters.